The fourth-order valence-corrected chi connectivity index (χ4v) is 4.67. The maximum atomic E-state index is 4.75. The van der Waals surface area contributed by atoms with Gasteiger partial charge in [-0.15, -0.1) is 11.3 Å². The van der Waals surface area contributed by atoms with E-state index < -0.39 is 0 Å². The number of aromatic nitrogens is 1. The zero-order valence-corrected chi connectivity index (χ0v) is 17.3. The quantitative estimate of drug-likeness (QED) is 0.564. The van der Waals surface area contributed by atoms with Gasteiger partial charge in [0.15, 0.2) is 11.1 Å². The number of likely N-dealkylation sites (tertiary alicyclic amines) is 1. The second kappa shape index (κ2) is 9.55. The highest BCUT2D eigenvalue weighted by Gasteiger charge is 2.26. The third-order valence-corrected chi connectivity index (χ3v) is 6.33. The van der Waals surface area contributed by atoms with Crippen molar-refractivity contribution in [2.24, 2.45) is 10.9 Å². The molecule has 1 saturated carbocycles. The number of nitrogens with one attached hydrogen (secondary N) is 2. The zero-order chi connectivity index (χ0) is 18.4. The summed E-state index contributed by atoms with van der Waals surface area (Å²) in [6.07, 6.45) is 6.94. The number of guanidine groups is 1. The van der Waals surface area contributed by atoms with E-state index in [4.69, 9.17) is 4.99 Å². The second-order valence-corrected chi connectivity index (χ2v) is 8.59. The highest BCUT2D eigenvalue weighted by molar-refractivity contribution is 7.13. The van der Waals surface area contributed by atoms with Gasteiger partial charge in [0.05, 0.1) is 12.2 Å². The Bertz CT molecular complexity index is 578. The fraction of sp³-hybridized carbons (Fsp3) is 0.789. The lowest BCUT2D eigenvalue weighted by molar-refractivity contribution is 0.275. The van der Waals surface area contributed by atoms with Crippen LogP contribution in [0.25, 0.3) is 0 Å². The molecule has 6 nitrogen and oxygen atoms in total. The van der Waals surface area contributed by atoms with Crippen molar-refractivity contribution in [3.63, 3.8) is 0 Å². The maximum absolute atomic E-state index is 4.75. The SMILES string of the molecule is CCNC(=NCc1csc(N(C)C)n1)NC1CCN(CC2CCCC2)C1. The van der Waals surface area contributed by atoms with Crippen LogP contribution in [0, 0.1) is 5.92 Å². The summed E-state index contributed by atoms with van der Waals surface area (Å²) in [4.78, 5) is 14.0. The average molecular weight is 379 g/mol. The molecule has 1 saturated heterocycles. The molecule has 26 heavy (non-hydrogen) atoms. The van der Waals surface area contributed by atoms with Gasteiger partial charge in [0.1, 0.15) is 0 Å². The summed E-state index contributed by atoms with van der Waals surface area (Å²) in [6, 6.07) is 0.502. The van der Waals surface area contributed by atoms with Crippen LogP contribution in [0.3, 0.4) is 0 Å². The number of rotatable bonds is 7. The molecule has 146 valence electrons. The Hall–Kier alpha value is -1.34. The van der Waals surface area contributed by atoms with Crippen molar-refractivity contribution in [2.75, 3.05) is 45.2 Å². The molecule has 0 aromatic carbocycles. The van der Waals surface area contributed by atoms with E-state index in [9.17, 15) is 0 Å². The number of nitrogens with zero attached hydrogens (tertiary/aromatic N) is 4. The van der Waals surface area contributed by atoms with Gasteiger partial charge in [0.25, 0.3) is 0 Å². The first-order chi connectivity index (χ1) is 12.6. The van der Waals surface area contributed by atoms with Crippen molar-refractivity contribution in [3.8, 4) is 0 Å². The van der Waals surface area contributed by atoms with Gasteiger partial charge >= 0.3 is 0 Å². The standard InChI is InChI=1S/C19H34N6S/c1-4-20-18(21-11-17-14-26-19(23-17)24(2)3)22-16-9-10-25(13-16)12-15-7-5-6-8-15/h14-16H,4-13H2,1-3H3,(H2,20,21,22). The third kappa shape index (κ3) is 5.58. The molecule has 1 unspecified atom stereocenters. The first kappa shape index (κ1) is 19.4. The van der Waals surface area contributed by atoms with Gasteiger partial charge in [-0.2, -0.15) is 0 Å². The van der Waals surface area contributed by atoms with Crippen molar-refractivity contribution in [1.82, 2.24) is 20.5 Å². The van der Waals surface area contributed by atoms with E-state index >= 15 is 0 Å². The van der Waals surface area contributed by atoms with E-state index in [1.807, 2.05) is 19.0 Å². The Morgan fingerprint density at radius 3 is 2.85 bits per heavy atom. The number of anilines is 1. The molecule has 0 amide bonds. The highest BCUT2D eigenvalue weighted by Crippen LogP contribution is 2.26. The summed E-state index contributed by atoms with van der Waals surface area (Å²) in [7, 11) is 4.05. The molecule has 1 atom stereocenters. The number of thiazole rings is 1. The number of hydrogen-bond donors (Lipinski definition) is 2. The molecule has 0 spiro atoms. The molecule has 2 fully saturated rings. The molecule has 3 rings (SSSR count). The van der Waals surface area contributed by atoms with Gasteiger partial charge in [0, 0.05) is 51.7 Å². The van der Waals surface area contributed by atoms with E-state index in [1.165, 1.54) is 45.2 Å². The first-order valence-corrected chi connectivity index (χ1v) is 10.9. The monoisotopic (exact) mass is 378 g/mol. The molecule has 1 aliphatic carbocycles. The molecule has 2 N–H and O–H groups in total. The smallest absolute Gasteiger partial charge is 0.191 e. The van der Waals surface area contributed by atoms with Gasteiger partial charge in [-0.25, -0.2) is 9.98 Å². The van der Waals surface area contributed by atoms with Crippen LogP contribution in [0.15, 0.2) is 10.4 Å². The molecule has 1 aromatic heterocycles. The Morgan fingerprint density at radius 1 is 1.35 bits per heavy atom. The topological polar surface area (TPSA) is 55.8 Å². The Labute approximate surface area is 162 Å². The molecule has 1 aromatic rings. The van der Waals surface area contributed by atoms with E-state index in [-0.39, 0.29) is 0 Å². The first-order valence-electron chi connectivity index (χ1n) is 10.0. The zero-order valence-electron chi connectivity index (χ0n) is 16.5. The molecule has 7 heteroatoms. The lowest BCUT2D eigenvalue weighted by atomic mass is 10.1. The predicted octanol–water partition coefficient (Wildman–Crippen LogP) is 2.53. The van der Waals surface area contributed by atoms with Gasteiger partial charge in [-0.05, 0) is 32.1 Å². The third-order valence-electron chi connectivity index (χ3n) is 5.27. The summed E-state index contributed by atoms with van der Waals surface area (Å²) in [5, 5.41) is 10.1. The van der Waals surface area contributed by atoms with E-state index in [2.05, 4.69) is 32.8 Å². The van der Waals surface area contributed by atoms with Crippen LogP contribution >= 0.6 is 11.3 Å². The average Bonchev–Trinajstić information content (AvgIpc) is 3.35. The Morgan fingerprint density at radius 2 is 2.15 bits per heavy atom. The summed E-state index contributed by atoms with van der Waals surface area (Å²) in [6.45, 7) is 7.26. The number of aliphatic imine (C=N–C) groups is 1. The van der Waals surface area contributed by atoms with E-state index in [0.29, 0.717) is 12.6 Å². The molecule has 2 heterocycles. The minimum Gasteiger partial charge on any atom is -0.357 e. The minimum absolute atomic E-state index is 0.502. The molecule has 0 bridgehead atoms. The number of hydrogen-bond acceptors (Lipinski definition) is 5. The van der Waals surface area contributed by atoms with Gasteiger partial charge in [0.2, 0.25) is 0 Å². The van der Waals surface area contributed by atoms with Crippen LogP contribution < -0.4 is 15.5 Å². The summed E-state index contributed by atoms with van der Waals surface area (Å²) in [5.41, 5.74) is 1.03. The summed E-state index contributed by atoms with van der Waals surface area (Å²) < 4.78 is 0. The van der Waals surface area contributed by atoms with Crippen LogP contribution in [0.5, 0.6) is 0 Å². The van der Waals surface area contributed by atoms with Crippen LogP contribution in [-0.2, 0) is 6.54 Å². The highest BCUT2D eigenvalue weighted by atomic mass is 32.1. The van der Waals surface area contributed by atoms with Crippen LogP contribution in [0.2, 0.25) is 0 Å². The minimum atomic E-state index is 0.502. The summed E-state index contributed by atoms with van der Waals surface area (Å²) >= 11 is 1.67. The molecular weight excluding hydrogens is 344 g/mol. The van der Waals surface area contributed by atoms with Crippen molar-refractivity contribution in [2.45, 2.75) is 51.6 Å². The molecule has 1 aliphatic heterocycles. The molecule has 0 radical (unpaired) electrons. The van der Waals surface area contributed by atoms with Crippen molar-refractivity contribution < 1.29 is 0 Å². The molecule has 2 aliphatic rings. The van der Waals surface area contributed by atoms with Gasteiger partial charge in [-0.1, -0.05) is 12.8 Å². The summed E-state index contributed by atoms with van der Waals surface area (Å²) in [5.74, 6) is 1.85. The van der Waals surface area contributed by atoms with Crippen LogP contribution in [-0.4, -0.2) is 62.2 Å². The Kier molecular flexibility index (Phi) is 7.14. The second-order valence-electron chi connectivity index (χ2n) is 7.75. The maximum Gasteiger partial charge on any atom is 0.191 e. The van der Waals surface area contributed by atoms with Crippen LogP contribution in [0.4, 0.5) is 5.13 Å². The van der Waals surface area contributed by atoms with Crippen LogP contribution in [0.1, 0.15) is 44.7 Å². The van der Waals surface area contributed by atoms with Crippen molar-refractivity contribution in [1.29, 1.82) is 0 Å². The van der Waals surface area contributed by atoms with E-state index in [1.54, 1.807) is 11.3 Å². The fourth-order valence-electron chi connectivity index (χ4n) is 3.92. The van der Waals surface area contributed by atoms with E-state index in [0.717, 1.165) is 35.8 Å². The van der Waals surface area contributed by atoms with Gasteiger partial charge in [-0.3, -0.25) is 0 Å². The van der Waals surface area contributed by atoms with Gasteiger partial charge < -0.3 is 20.4 Å². The predicted molar refractivity (Wildman–Crippen MR) is 111 cm³/mol. The largest absolute Gasteiger partial charge is 0.357 e. The molecular formula is C19H34N6S. The Balaban J connectivity index is 1.49. The lowest BCUT2D eigenvalue weighted by Crippen LogP contribution is -2.44. The lowest BCUT2D eigenvalue weighted by Gasteiger charge is -2.21. The normalized spacial score (nSPS) is 22.1. The van der Waals surface area contributed by atoms with Crippen molar-refractivity contribution in [3.05, 3.63) is 11.1 Å². The van der Waals surface area contributed by atoms with Crippen molar-refractivity contribution >= 4 is 22.4 Å².